The Balaban J connectivity index is 2.06. The number of Topliss-reactive ketones (excluding diaryl/α,β-unsaturated/α-hetero) is 1. The first kappa shape index (κ1) is 32.0. The van der Waals surface area contributed by atoms with Gasteiger partial charge in [-0.2, -0.15) is 0 Å². The molecule has 8 nitrogen and oxygen atoms in total. The third kappa shape index (κ3) is 8.03. The van der Waals surface area contributed by atoms with Crippen LogP contribution in [0.15, 0.2) is 48.0 Å². The number of aliphatic hydroxyl groups excluding tert-OH is 1. The van der Waals surface area contributed by atoms with Gasteiger partial charge in [0.25, 0.3) is 11.7 Å². The van der Waals surface area contributed by atoms with Gasteiger partial charge in [-0.15, -0.1) is 0 Å². The van der Waals surface area contributed by atoms with E-state index in [2.05, 4.69) is 25.7 Å². The number of ether oxygens (including phenoxy) is 3. The Morgan fingerprint density at radius 1 is 0.854 bits per heavy atom. The molecule has 224 valence electrons. The first-order valence-corrected chi connectivity index (χ1v) is 15.0. The van der Waals surface area contributed by atoms with E-state index in [-0.39, 0.29) is 11.3 Å². The number of aliphatic hydroxyl groups is 1. The molecule has 1 fully saturated rings. The second-order valence-electron chi connectivity index (χ2n) is 10.1. The predicted molar refractivity (Wildman–Crippen MR) is 162 cm³/mol. The minimum atomic E-state index is -0.769. The van der Waals surface area contributed by atoms with E-state index >= 15 is 0 Å². The van der Waals surface area contributed by atoms with Crippen molar-refractivity contribution < 1.29 is 28.9 Å². The Morgan fingerprint density at radius 2 is 1.59 bits per heavy atom. The lowest BCUT2D eigenvalue weighted by atomic mass is 9.95. The molecule has 1 aliphatic heterocycles. The smallest absolute Gasteiger partial charge is 0.295 e. The number of likely N-dealkylation sites (tertiary alicyclic amines) is 1. The van der Waals surface area contributed by atoms with Crippen LogP contribution in [-0.4, -0.2) is 72.6 Å². The molecule has 2 aromatic rings. The summed E-state index contributed by atoms with van der Waals surface area (Å²) in [6.45, 7) is 14.4. The fourth-order valence-corrected chi connectivity index (χ4v) is 4.95. The summed E-state index contributed by atoms with van der Waals surface area (Å²) in [7, 11) is 0. The molecule has 41 heavy (non-hydrogen) atoms. The molecular weight excluding hydrogens is 520 g/mol. The van der Waals surface area contributed by atoms with Crippen molar-refractivity contribution in [3.05, 3.63) is 59.2 Å². The van der Waals surface area contributed by atoms with E-state index in [4.69, 9.17) is 14.2 Å². The maximum Gasteiger partial charge on any atom is 0.295 e. The highest BCUT2D eigenvalue weighted by Gasteiger charge is 2.46. The summed E-state index contributed by atoms with van der Waals surface area (Å²) in [4.78, 5) is 30.7. The number of rotatable bonds is 17. The first-order chi connectivity index (χ1) is 19.9. The Labute approximate surface area is 244 Å². The summed E-state index contributed by atoms with van der Waals surface area (Å²) in [5.41, 5.74) is 1.19. The van der Waals surface area contributed by atoms with Crippen LogP contribution in [0, 0.1) is 0 Å². The van der Waals surface area contributed by atoms with E-state index < -0.39 is 17.7 Å². The van der Waals surface area contributed by atoms with Crippen LogP contribution in [0.5, 0.6) is 17.2 Å². The van der Waals surface area contributed by atoms with Crippen LogP contribution >= 0.6 is 0 Å². The van der Waals surface area contributed by atoms with Gasteiger partial charge in [0.2, 0.25) is 0 Å². The normalized spacial score (nSPS) is 16.4. The number of likely N-dealkylation sites (N-methyl/N-ethyl adjacent to an activating group) is 1. The third-order valence-electron chi connectivity index (χ3n) is 7.28. The van der Waals surface area contributed by atoms with E-state index in [0.29, 0.717) is 61.3 Å². The van der Waals surface area contributed by atoms with Crippen molar-refractivity contribution in [3.63, 3.8) is 0 Å². The highest BCUT2D eigenvalue weighted by molar-refractivity contribution is 6.46. The summed E-state index contributed by atoms with van der Waals surface area (Å²) in [5, 5.41) is 11.5. The van der Waals surface area contributed by atoms with Crippen molar-refractivity contribution in [1.82, 2.24) is 9.80 Å². The molecule has 1 heterocycles. The highest BCUT2D eigenvalue weighted by Crippen LogP contribution is 2.42. The number of hydrogen-bond donors (Lipinski definition) is 1. The number of hydrogen-bond acceptors (Lipinski definition) is 7. The molecule has 0 saturated carbocycles. The molecule has 1 saturated heterocycles. The quantitative estimate of drug-likeness (QED) is 0.105. The van der Waals surface area contributed by atoms with Crippen LogP contribution < -0.4 is 14.2 Å². The Kier molecular flexibility index (Phi) is 12.5. The molecule has 1 amide bonds. The number of carbonyl (C=O) groups is 2. The topological polar surface area (TPSA) is 88.5 Å². The maximum atomic E-state index is 13.5. The number of benzene rings is 2. The van der Waals surface area contributed by atoms with E-state index in [0.717, 1.165) is 38.8 Å². The van der Waals surface area contributed by atoms with Crippen molar-refractivity contribution in [2.75, 3.05) is 46.0 Å². The fourth-order valence-electron chi connectivity index (χ4n) is 4.95. The molecule has 3 rings (SSSR count). The van der Waals surface area contributed by atoms with E-state index in [1.807, 2.05) is 32.0 Å². The fraction of sp³-hybridized carbons (Fsp3) is 0.515. The number of unbranched alkanes of at least 4 members (excludes halogenated alkanes) is 2. The average Bonchev–Trinajstić information content (AvgIpc) is 3.24. The molecule has 8 heteroatoms. The van der Waals surface area contributed by atoms with Gasteiger partial charge < -0.3 is 29.1 Å². The van der Waals surface area contributed by atoms with Crippen molar-refractivity contribution in [3.8, 4) is 17.2 Å². The number of amides is 1. The minimum absolute atomic E-state index is 0.0656. The van der Waals surface area contributed by atoms with E-state index in [1.54, 1.807) is 29.2 Å². The van der Waals surface area contributed by atoms with Gasteiger partial charge in [-0.25, -0.2) is 0 Å². The summed E-state index contributed by atoms with van der Waals surface area (Å²) in [6, 6.07) is 11.7. The molecular formula is C33H46N2O6. The van der Waals surface area contributed by atoms with Gasteiger partial charge in [0.15, 0.2) is 11.5 Å². The van der Waals surface area contributed by atoms with Gasteiger partial charge in [-0.1, -0.05) is 46.6 Å². The lowest BCUT2D eigenvalue weighted by Gasteiger charge is -2.28. The third-order valence-corrected chi connectivity index (χ3v) is 7.28. The van der Waals surface area contributed by atoms with Gasteiger partial charge in [-0.3, -0.25) is 9.59 Å². The monoisotopic (exact) mass is 566 g/mol. The second-order valence-corrected chi connectivity index (χ2v) is 10.1. The number of carbonyl (C=O) groups excluding carboxylic acids is 2. The number of ketones is 1. The van der Waals surface area contributed by atoms with Gasteiger partial charge in [0.1, 0.15) is 11.5 Å². The zero-order chi connectivity index (χ0) is 29.8. The lowest BCUT2D eigenvalue weighted by molar-refractivity contribution is -0.140. The molecule has 1 atom stereocenters. The standard InChI is InChI=1S/C33H46N2O6/c1-6-11-12-22-41-27-18-15-25(23-28(27)39-10-5)30-29(31(36)24-13-16-26(17-14-24)40-21-7-2)32(37)33(38)35(30)20-19-34(8-3)9-4/h13-18,23,30,36H,6-12,19-22H2,1-5H3/b31-29+. The van der Waals surface area contributed by atoms with Crippen LogP contribution in [0.25, 0.3) is 5.76 Å². The van der Waals surface area contributed by atoms with Crippen LogP contribution in [-0.2, 0) is 9.59 Å². The van der Waals surface area contributed by atoms with Crippen LogP contribution in [0.4, 0.5) is 0 Å². The Bertz CT molecular complexity index is 1170. The largest absolute Gasteiger partial charge is 0.507 e. The average molecular weight is 567 g/mol. The molecule has 1 unspecified atom stereocenters. The van der Waals surface area contributed by atoms with Gasteiger partial charge in [0.05, 0.1) is 31.4 Å². The second kappa shape index (κ2) is 16.1. The minimum Gasteiger partial charge on any atom is -0.507 e. The molecule has 1 N–H and O–H groups in total. The summed E-state index contributed by atoms with van der Waals surface area (Å²) >= 11 is 0. The summed E-state index contributed by atoms with van der Waals surface area (Å²) in [6.07, 6.45) is 4.00. The Hall–Kier alpha value is -3.52. The van der Waals surface area contributed by atoms with E-state index in [9.17, 15) is 14.7 Å². The maximum absolute atomic E-state index is 13.5. The first-order valence-electron chi connectivity index (χ1n) is 15.0. The zero-order valence-electron chi connectivity index (χ0n) is 25.3. The summed E-state index contributed by atoms with van der Waals surface area (Å²) in [5.74, 6) is 0.317. The van der Waals surface area contributed by atoms with Crippen molar-refractivity contribution in [2.24, 2.45) is 0 Å². The molecule has 0 aliphatic carbocycles. The van der Waals surface area contributed by atoms with Crippen molar-refractivity contribution in [1.29, 1.82) is 0 Å². The van der Waals surface area contributed by atoms with Crippen LogP contribution in [0.1, 0.15) is 77.5 Å². The van der Waals surface area contributed by atoms with Gasteiger partial charge in [-0.05, 0) is 74.8 Å². The molecule has 0 aromatic heterocycles. The lowest BCUT2D eigenvalue weighted by Crippen LogP contribution is -2.38. The SMILES string of the molecule is CCCCCOc1ccc(C2/C(=C(\O)c3ccc(OCCC)cc3)C(=O)C(=O)N2CCN(CC)CC)cc1OCC. The molecule has 2 aromatic carbocycles. The molecule has 0 radical (unpaired) electrons. The Morgan fingerprint density at radius 3 is 2.22 bits per heavy atom. The summed E-state index contributed by atoms with van der Waals surface area (Å²) < 4.78 is 17.6. The molecule has 0 spiro atoms. The predicted octanol–water partition coefficient (Wildman–Crippen LogP) is 6.21. The molecule has 1 aliphatic rings. The highest BCUT2D eigenvalue weighted by atomic mass is 16.5. The number of nitrogens with zero attached hydrogens (tertiary/aromatic N) is 2. The molecule has 0 bridgehead atoms. The van der Waals surface area contributed by atoms with Crippen molar-refractivity contribution in [2.45, 2.75) is 66.3 Å². The van der Waals surface area contributed by atoms with Gasteiger partial charge >= 0.3 is 0 Å². The van der Waals surface area contributed by atoms with Crippen LogP contribution in [0.2, 0.25) is 0 Å². The van der Waals surface area contributed by atoms with Gasteiger partial charge in [0, 0.05) is 18.7 Å². The van der Waals surface area contributed by atoms with Crippen LogP contribution in [0.3, 0.4) is 0 Å². The van der Waals surface area contributed by atoms with E-state index in [1.165, 1.54) is 0 Å². The zero-order valence-corrected chi connectivity index (χ0v) is 25.3. The van der Waals surface area contributed by atoms with Crippen molar-refractivity contribution >= 4 is 17.4 Å².